The van der Waals surface area contributed by atoms with Crippen LogP contribution in [0.25, 0.3) is 0 Å². The average Bonchev–Trinajstić information content (AvgIpc) is 2.52. The third kappa shape index (κ3) is 9.30. The zero-order valence-electron chi connectivity index (χ0n) is 13.2. The highest BCUT2D eigenvalue weighted by molar-refractivity contribution is 4.68. The number of nitriles is 1. The lowest BCUT2D eigenvalue weighted by Crippen LogP contribution is -2.35. The number of methoxy groups -OCH3 is 1. The van der Waals surface area contributed by atoms with Gasteiger partial charge >= 0.3 is 0 Å². The van der Waals surface area contributed by atoms with Gasteiger partial charge in [-0.1, -0.05) is 0 Å². The summed E-state index contributed by atoms with van der Waals surface area (Å²) in [6, 6.07) is 2.03. The Hall–Kier alpha value is -0.750. The third-order valence-corrected chi connectivity index (χ3v) is 3.12. The number of aliphatic hydroxyl groups excluding tert-OH is 1. The van der Waals surface area contributed by atoms with Gasteiger partial charge in [0.15, 0.2) is 6.29 Å². The van der Waals surface area contributed by atoms with Crippen molar-refractivity contribution in [2.24, 2.45) is 0 Å². The molecule has 1 aliphatic rings. The Morgan fingerprint density at radius 2 is 2.05 bits per heavy atom. The van der Waals surface area contributed by atoms with E-state index >= 15 is 0 Å². The van der Waals surface area contributed by atoms with E-state index in [0.29, 0.717) is 32.8 Å². The van der Waals surface area contributed by atoms with Gasteiger partial charge in [0.1, 0.15) is 12.2 Å². The number of aliphatic hydroxyl groups is 1. The van der Waals surface area contributed by atoms with Crippen LogP contribution < -0.4 is 0 Å². The molecule has 0 saturated carbocycles. The van der Waals surface area contributed by atoms with Crippen LogP contribution in [0.4, 0.5) is 0 Å². The van der Waals surface area contributed by atoms with E-state index < -0.39 is 6.10 Å². The van der Waals surface area contributed by atoms with E-state index in [0.717, 1.165) is 19.3 Å². The Balaban J connectivity index is 2.27. The van der Waals surface area contributed by atoms with Crippen molar-refractivity contribution >= 4 is 0 Å². The first-order valence-electron chi connectivity index (χ1n) is 7.72. The molecule has 0 aromatic rings. The first-order valence-corrected chi connectivity index (χ1v) is 7.72. The number of nitrogens with zero attached hydrogens (tertiary/aromatic N) is 1. The number of hydrogen-bond donors (Lipinski definition) is 1. The molecule has 0 radical (unpaired) electrons. The van der Waals surface area contributed by atoms with Crippen LogP contribution in [-0.4, -0.2) is 70.4 Å². The van der Waals surface area contributed by atoms with Gasteiger partial charge in [-0.2, -0.15) is 5.26 Å². The molecule has 1 aliphatic heterocycles. The summed E-state index contributed by atoms with van der Waals surface area (Å²) in [6.07, 6.45) is 2.18. The summed E-state index contributed by atoms with van der Waals surface area (Å²) in [4.78, 5) is 0. The Bertz CT molecular complexity index is 303. The highest BCUT2D eigenvalue weighted by Gasteiger charge is 2.20. The van der Waals surface area contributed by atoms with Crippen molar-refractivity contribution in [1.29, 1.82) is 5.26 Å². The third-order valence-electron chi connectivity index (χ3n) is 3.12. The van der Waals surface area contributed by atoms with Crippen LogP contribution in [0, 0.1) is 11.3 Å². The molecule has 1 fully saturated rings. The second kappa shape index (κ2) is 12.8. The molecule has 0 aromatic heterocycles. The molecule has 128 valence electrons. The zero-order valence-corrected chi connectivity index (χ0v) is 13.2. The topological polar surface area (TPSA) is 90.2 Å². The molecule has 0 bridgehead atoms. The molecule has 0 aliphatic carbocycles. The number of ether oxygens (including phenoxy) is 5. The van der Waals surface area contributed by atoms with E-state index in [2.05, 4.69) is 0 Å². The Morgan fingerprint density at radius 3 is 2.73 bits per heavy atom. The molecule has 1 saturated heterocycles. The summed E-state index contributed by atoms with van der Waals surface area (Å²) in [5.41, 5.74) is 0. The molecule has 3 unspecified atom stereocenters. The maximum atomic E-state index is 9.55. The summed E-state index contributed by atoms with van der Waals surface area (Å²) >= 11 is 0. The van der Waals surface area contributed by atoms with Gasteiger partial charge in [0.05, 0.1) is 45.5 Å². The molecule has 3 atom stereocenters. The second-order valence-corrected chi connectivity index (χ2v) is 5.18. The molecule has 0 amide bonds. The van der Waals surface area contributed by atoms with E-state index in [9.17, 15) is 5.11 Å². The monoisotopic (exact) mass is 317 g/mol. The van der Waals surface area contributed by atoms with Crippen molar-refractivity contribution in [1.82, 2.24) is 0 Å². The van der Waals surface area contributed by atoms with Gasteiger partial charge in [-0.25, -0.2) is 0 Å². The van der Waals surface area contributed by atoms with Crippen LogP contribution in [0.3, 0.4) is 0 Å². The predicted octanol–water partition coefficient (Wildman–Crippen LogP) is 0.852. The minimum Gasteiger partial charge on any atom is -0.388 e. The minimum absolute atomic E-state index is 0.178. The molecular weight excluding hydrogens is 290 g/mol. The fourth-order valence-corrected chi connectivity index (χ4v) is 2.07. The average molecular weight is 317 g/mol. The van der Waals surface area contributed by atoms with Gasteiger partial charge in [-0.05, 0) is 19.3 Å². The molecule has 1 N–H and O–H groups in total. The van der Waals surface area contributed by atoms with E-state index in [1.165, 1.54) is 7.11 Å². The van der Waals surface area contributed by atoms with Gasteiger partial charge in [0.2, 0.25) is 0 Å². The van der Waals surface area contributed by atoms with Crippen LogP contribution in [0.15, 0.2) is 0 Å². The van der Waals surface area contributed by atoms with Crippen LogP contribution in [-0.2, 0) is 23.7 Å². The lowest BCUT2D eigenvalue weighted by Gasteiger charge is -2.27. The predicted molar refractivity (Wildman–Crippen MR) is 78.2 cm³/mol. The largest absolute Gasteiger partial charge is 0.388 e. The number of rotatable bonds is 12. The first-order chi connectivity index (χ1) is 10.8. The molecular formula is C15H27NO6. The van der Waals surface area contributed by atoms with Crippen molar-refractivity contribution in [2.75, 3.05) is 46.8 Å². The molecule has 1 heterocycles. The summed E-state index contributed by atoms with van der Waals surface area (Å²) in [5, 5.41) is 18.0. The van der Waals surface area contributed by atoms with Crippen molar-refractivity contribution in [3.63, 3.8) is 0 Å². The molecule has 0 spiro atoms. The van der Waals surface area contributed by atoms with Crippen molar-refractivity contribution in [3.8, 4) is 6.07 Å². The lowest BCUT2D eigenvalue weighted by molar-refractivity contribution is -0.209. The van der Waals surface area contributed by atoms with E-state index in [4.69, 9.17) is 28.9 Å². The smallest absolute Gasteiger partial charge is 0.158 e. The van der Waals surface area contributed by atoms with Crippen LogP contribution in [0.2, 0.25) is 0 Å². The minimum atomic E-state index is -0.656. The van der Waals surface area contributed by atoms with Crippen LogP contribution in [0.5, 0.6) is 0 Å². The maximum absolute atomic E-state index is 9.55. The SMILES string of the molecule is COCC(O)COCC(COCCC#N)OC1CCCCO1. The van der Waals surface area contributed by atoms with E-state index in [1.54, 1.807) is 0 Å². The molecule has 7 nitrogen and oxygen atoms in total. The summed E-state index contributed by atoms with van der Waals surface area (Å²) < 4.78 is 27.1. The normalized spacial score (nSPS) is 21.2. The van der Waals surface area contributed by atoms with Crippen molar-refractivity contribution in [3.05, 3.63) is 0 Å². The first kappa shape index (κ1) is 19.3. The van der Waals surface area contributed by atoms with Crippen molar-refractivity contribution in [2.45, 2.75) is 44.2 Å². The Kier molecular flexibility index (Phi) is 11.2. The van der Waals surface area contributed by atoms with Gasteiger partial charge in [0, 0.05) is 13.7 Å². The fraction of sp³-hybridized carbons (Fsp3) is 0.933. The van der Waals surface area contributed by atoms with Crippen LogP contribution >= 0.6 is 0 Å². The number of hydrogen-bond acceptors (Lipinski definition) is 7. The molecule has 22 heavy (non-hydrogen) atoms. The maximum Gasteiger partial charge on any atom is 0.158 e. The van der Waals surface area contributed by atoms with Gasteiger partial charge in [-0.3, -0.25) is 0 Å². The highest BCUT2D eigenvalue weighted by atomic mass is 16.7. The summed E-state index contributed by atoms with van der Waals surface area (Å²) in [6.45, 7) is 2.12. The van der Waals surface area contributed by atoms with Gasteiger partial charge in [0.25, 0.3) is 0 Å². The van der Waals surface area contributed by atoms with Gasteiger partial charge < -0.3 is 28.8 Å². The van der Waals surface area contributed by atoms with Crippen LogP contribution in [0.1, 0.15) is 25.7 Å². The lowest BCUT2D eigenvalue weighted by atomic mass is 10.2. The van der Waals surface area contributed by atoms with E-state index in [-0.39, 0.29) is 25.6 Å². The summed E-state index contributed by atoms with van der Waals surface area (Å²) in [7, 11) is 1.53. The van der Waals surface area contributed by atoms with Gasteiger partial charge in [-0.15, -0.1) is 0 Å². The fourth-order valence-electron chi connectivity index (χ4n) is 2.07. The zero-order chi connectivity index (χ0) is 16.0. The molecule has 0 aromatic carbocycles. The second-order valence-electron chi connectivity index (χ2n) is 5.18. The quantitative estimate of drug-likeness (QED) is 0.534. The molecule has 1 rings (SSSR count). The summed E-state index contributed by atoms with van der Waals surface area (Å²) in [5.74, 6) is 0. The Morgan fingerprint density at radius 1 is 1.23 bits per heavy atom. The molecule has 7 heteroatoms. The van der Waals surface area contributed by atoms with Crippen molar-refractivity contribution < 1.29 is 28.8 Å². The van der Waals surface area contributed by atoms with E-state index in [1.807, 2.05) is 6.07 Å². The Labute approximate surface area is 132 Å². The standard InChI is InChI=1S/C15H27NO6/c1-18-9-13(17)10-20-12-14(11-19-7-4-6-16)22-15-5-2-3-8-21-15/h13-15,17H,2-5,7-12H2,1H3. The highest BCUT2D eigenvalue weighted by Crippen LogP contribution is 2.16.